The highest BCUT2D eigenvalue weighted by Gasteiger charge is 2.48. The van der Waals surface area contributed by atoms with Crippen LogP contribution in [-0.4, -0.2) is 12.1 Å². The SMILES string of the molecule is O=C(Oc1ccc(F)cc1)[C@@H]1O[C@@H]1c1ccccc1CCCCCCCCc1ccccc1. The van der Waals surface area contributed by atoms with Crippen molar-refractivity contribution < 1.29 is 18.7 Å². The third-order valence-corrected chi connectivity index (χ3v) is 6.12. The van der Waals surface area contributed by atoms with Crippen LogP contribution in [-0.2, 0) is 22.4 Å². The number of unbranched alkanes of at least 4 members (excludes halogenated alkanes) is 5. The largest absolute Gasteiger partial charge is 0.425 e. The molecule has 4 rings (SSSR count). The maximum atomic E-state index is 13.0. The van der Waals surface area contributed by atoms with Crippen molar-refractivity contribution in [3.05, 3.63) is 101 Å². The van der Waals surface area contributed by atoms with Crippen LogP contribution in [0.15, 0.2) is 78.9 Å². The van der Waals surface area contributed by atoms with Crippen LogP contribution in [0.2, 0.25) is 0 Å². The van der Waals surface area contributed by atoms with Crippen LogP contribution >= 0.6 is 0 Å². The first kappa shape index (κ1) is 23.2. The Hall–Kier alpha value is -2.98. The van der Waals surface area contributed by atoms with E-state index in [0.717, 1.165) is 18.4 Å². The van der Waals surface area contributed by atoms with Gasteiger partial charge in [-0.3, -0.25) is 0 Å². The minimum Gasteiger partial charge on any atom is -0.425 e. The average molecular weight is 447 g/mol. The highest BCUT2D eigenvalue weighted by Crippen LogP contribution is 2.41. The minimum absolute atomic E-state index is 0.257. The zero-order valence-corrected chi connectivity index (χ0v) is 18.9. The van der Waals surface area contributed by atoms with Crippen LogP contribution in [0.3, 0.4) is 0 Å². The number of rotatable bonds is 12. The fourth-order valence-corrected chi connectivity index (χ4v) is 4.24. The quantitative estimate of drug-likeness (QED) is 0.130. The molecule has 1 aliphatic rings. The zero-order chi connectivity index (χ0) is 22.9. The van der Waals surface area contributed by atoms with Crippen LogP contribution in [0.1, 0.15) is 61.3 Å². The molecule has 1 saturated heterocycles. The summed E-state index contributed by atoms with van der Waals surface area (Å²) < 4.78 is 24.0. The molecule has 172 valence electrons. The molecular weight excluding hydrogens is 415 g/mol. The summed E-state index contributed by atoms with van der Waals surface area (Å²) in [6.07, 6.45) is 8.70. The number of aryl methyl sites for hydroxylation is 2. The first-order chi connectivity index (χ1) is 16.2. The van der Waals surface area contributed by atoms with Gasteiger partial charge in [-0.15, -0.1) is 0 Å². The molecule has 0 saturated carbocycles. The number of carbonyl (C=O) groups is 1. The fraction of sp³-hybridized carbons (Fsp3) is 0.345. The molecule has 4 heteroatoms. The maximum absolute atomic E-state index is 13.0. The highest BCUT2D eigenvalue weighted by atomic mass is 19.1. The molecule has 1 fully saturated rings. The summed E-state index contributed by atoms with van der Waals surface area (Å²) in [5.41, 5.74) is 3.74. The van der Waals surface area contributed by atoms with Crippen LogP contribution in [0.4, 0.5) is 4.39 Å². The van der Waals surface area contributed by atoms with E-state index in [1.807, 2.05) is 18.2 Å². The van der Waals surface area contributed by atoms with Gasteiger partial charge in [0.2, 0.25) is 0 Å². The van der Waals surface area contributed by atoms with Crippen molar-refractivity contribution in [1.29, 1.82) is 0 Å². The van der Waals surface area contributed by atoms with E-state index < -0.39 is 12.1 Å². The van der Waals surface area contributed by atoms with Crippen LogP contribution in [0.25, 0.3) is 0 Å². The lowest BCUT2D eigenvalue weighted by Crippen LogP contribution is -2.15. The number of hydrogen-bond donors (Lipinski definition) is 0. The smallest absolute Gasteiger partial charge is 0.343 e. The van der Waals surface area contributed by atoms with Gasteiger partial charge in [0.05, 0.1) is 0 Å². The summed E-state index contributed by atoms with van der Waals surface area (Å²) in [5, 5.41) is 0. The lowest BCUT2D eigenvalue weighted by molar-refractivity contribution is -0.135. The Morgan fingerprint density at radius 1 is 0.758 bits per heavy atom. The molecule has 33 heavy (non-hydrogen) atoms. The zero-order valence-electron chi connectivity index (χ0n) is 18.9. The maximum Gasteiger partial charge on any atom is 0.343 e. The fourth-order valence-electron chi connectivity index (χ4n) is 4.24. The summed E-state index contributed by atoms with van der Waals surface area (Å²) in [4.78, 5) is 12.4. The van der Waals surface area contributed by atoms with Gasteiger partial charge >= 0.3 is 5.97 Å². The molecule has 3 aromatic carbocycles. The molecule has 3 nitrogen and oxygen atoms in total. The average Bonchev–Trinajstić information content (AvgIpc) is 3.64. The lowest BCUT2D eigenvalue weighted by Gasteiger charge is -2.08. The van der Waals surface area contributed by atoms with Crippen molar-refractivity contribution in [3.8, 4) is 5.75 Å². The molecule has 0 amide bonds. The molecule has 0 bridgehead atoms. The third-order valence-electron chi connectivity index (χ3n) is 6.12. The lowest BCUT2D eigenvalue weighted by atomic mass is 9.97. The number of benzene rings is 3. The van der Waals surface area contributed by atoms with Crippen molar-refractivity contribution >= 4 is 5.97 Å². The van der Waals surface area contributed by atoms with E-state index in [0.29, 0.717) is 5.75 Å². The molecular formula is C29H31FO3. The Morgan fingerprint density at radius 3 is 2.15 bits per heavy atom. The van der Waals surface area contributed by atoms with E-state index in [4.69, 9.17) is 9.47 Å². The number of ether oxygens (including phenoxy) is 2. The van der Waals surface area contributed by atoms with E-state index in [1.165, 1.54) is 73.9 Å². The van der Waals surface area contributed by atoms with Crippen molar-refractivity contribution in [2.24, 2.45) is 0 Å². The van der Waals surface area contributed by atoms with Crippen LogP contribution in [0.5, 0.6) is 5.75 Å². The van der Waals surface area contributed by atoms with Gasteiger partial charge < -0.3 is 9.47 Å². The van der Waals surface area contributed by atoms with Gasteiger partial charge in [-0.05, 0) is 66.6 Å². The molecule has 0 unspecified atom stereocenters. The second kappa shape index (κ2) is 11.8. The summed E-state index contributed by atoms with van der Waals surface area (Å²) in [5.74, 6) is -0.471. The molecule has 0 aliphatic carbocycles. The van der Waals surface area contributed by atoms with Gasteiger partial charge in [-0.2, -0.15) is 0 Å². The topological polar surface area (TPSA) is 38.8 Å². The van der Waals surface area contributed by atoms with E-state index in [9.17, 15) is 9.18 Å². The van der Waals surface area contributed by atoms with E-state index >= 15 is 0 Å². The first-order valence-electron chi connectivity index (χ1n) is 11.9. The van der Waals surface area contributed by atoms with Gasteiger partial charge in [0.1, 0.15) is 17.7 Å². The van der Waals surface area contributed by atoms with Crippen molar-refractivity contribution in [2.45, 2.75) is 63.6 Å². The number of epoxide rings is 1. The minimum atomic E-state index is -0.596. The van der Waals surface area contributed by atoms with E-state index in [2.05, 4.69) is 36.4 Å². The third kappa shape index (κ3) is 7.00. The number of esters is 1. The summed E-state index contributed by atoms with van der Waals surface area (Å²) >= 11 is 0. The van der Waals surface area contributed by atoms with Gasteiger partial charge in [0.25, 0.3) is 0 Å². The van der Waals surface area contributed by atoms with Gasteiger partial charge in [-0.1, -0.05) is 80.3 Å². The molecule has 3 aromatic rings. The van der Waals surface area contributed by atoms with E-state index in [-0.39, 0.29) is 11.9 Å². The molecule has 0 radical (unpaired) electrons. The number of hydrogen-bond acceptors (Lipinski definition) is 3. The Kier molecular flexibility index (Phi) is 8.26. The predicted octanol–water partition coefficient (Wildman–Crippen LogP) is 7.00. The van der Waals surface area contributed by atoms with Gasteiger partial charge in [-0.25, -0.2) is 9.18 Å². The molecule has 1 aliphatic heterocycles. The van der Waals surface area contributed by atoms with Crippen molar-refractivity contribution in [1.82, 2.24) is 0 Å². The second-order valence-corrected chi connectivity index (χ2v) is 8.66. The molecule has 0 aromatic heterocycles. The standard InChI is InChI=1S/C29H31FO3/c30-24-18-20-25(21-19-24)32-29(31)28-27(33-28)26-17-11-10-16-23(26)15-9-4-2-1-3-6-12-22-13-7-5-8-14-22/h5,7-8,10-11,13-14,16-21,27-28H,1-4,6,9,12,15H2/t27-,28-/m1/s1. The van der Waals surface area contributed by atoms with E-state index in [1.54, 1.807) is 0 Å². The first-order valence-corrected chi connectivity index (χ1v) is 11.9. The van der Waals surface area contributed by atoms with Gasteiger partial charge in [0.15, 0.2) is 6.10 Å². The number of carbonyl (C=O) groups excluding carboxylic acids is 1. The monoisotopic (exact) mass is 446 g/mol. The second-order valence-electron chi connectivity index (χ2n) is 8.66. The molecule has 0 N–H and O–H groups in total. The Morgan fingerprint density at radius 2 is 1.39 bits per heavy atom. The summed E-state index contributed by atoms with van der Waals surface area (Å²) in [6, 6.07) is 24.3. The molecule has 1 heterocycles. The molecule has 2 atom stereocenters. The normalized spacial score (nSPS) is 17.0. The van der Waals surface area contributed by atoms with Crippen molar-refractivity contribution in [3.63, 3.8) is 0 Å². The molecule has 0 spiro atoms. The summed E-state index contributed by atoms with van der Waals surface area (Å²) in [7, 11) is 0. The van der Waals surface area contributed by atoms with Gasteiger partial charge in [0, 0.05) is 0 Å². The Labute approximate surface area is 195 Å². The van der Waals surface area contributed by atoms with Crippen LogP contribution < -0.4 is 4.74 Å². The van der Waals surface area contributed by atoms with Crippen LogP contribution in [0, 0.1) is 5.82 Å². The highest BCUT2D eigenvalue weighted by molar-refractivity contribution is 5.80. The Bertz CT molecular complexity index is 1020. The Balaban J connectivity index is 1.16. The predicted molar refractivity (Wildman–Crippen MR) is 128 cm³/mol. The summed E-state index contributed by atoms with van der Waals surface area (Å²) in [6.45, 7) is 0. The van der Waals surface area contributed by atoms with Crippen molar-refractivity contribution in [2.75, 3.05) is 0 Å². The number of halogens is 1.